The SMILES string of the molecule is Cc1cc2c(-c3cc(C(=O)O)nn3C)c3oc(C)cc3c(C)c2o1. The number of nitrogens with zero attached hydrogens (tertiary/aromatic N) is 2. The molecule has 0 aliphatic carbocycles. The van der Waals surface area contributed by atoms with Crippen LogP contribution in [0.3, 0.4) is 0 Å². The van der Waals surface area contributed by atoms with Crippen molar-refractivity contribution in [3.05, 3.63) is 41.0 Å². The molecule has 0 atom stereocenters. The number of aromatic nitrogens is 2. The molecule has 0 amide bonds. The van der Waals surface area contributed by atoms with E-state index < -0.39 is 5.97 Å². The number of carboxylic acid groups (broad SMARTS) is 1. The summed E-state index contributed by atoms with van der Waals surface area (Å²) in [6.07, 6.45) is 0. The third-order valence-electron chi connectivity index (χ3n) is 4.31. The van der Waals surface area contributed by atoms with Crippen molar-refractivity contribution < 1.29 is 18.7 Å². The quantitative estimate of drug-likeness (QED) is 0.597. The van der Waals surface area contributed by atoms with Crippen LogP contribution in [-0.2, 0) is 7.05 Å². The molecule has 0 radical (unpaired) electrons. The first kappa shape index (κ1) is 14.6. The van der Waals surface area contributed by atoms with Gasteiger partial charge in [0.25, 0.3) is 0 Å². The van der Waals surface area contributed by atoms with Crippen molar-refractivity contribution in [2.75, 3.05) is 0 Å². The topological polar surface area (TPSA) is 81.4 Å². The first-order valence-corrected chi connectivity index (χ1v) is 7.57. The smallest absolute Gasteiger partial charge is 0.356 e. The molecule has 0 fully saturated rings. The van der Waals surface area contributed by atoms with Crippen LogP contribution in [0.4, 0.5) is 0 Å². The summed E-state index contributed by atoms with van der Waals surface area (Å²) in [6.45, 7) is 5.78. The van der Waals surface area contributed by atoms with Gasteiger partial charge in [0, 0.05) is 23.4 Å². The number of hydrogen-bond acceptors (Lipinski definition) is 4. The van der Waals surface area contributed by atoms with Crippen LogP contribution < -0.4 is 0 Å². The summed E-state index contributed by atoms with van der Waals surface area (Å²) in [5.74, 6) is 0.522. The molecule has 0 bridgehead atoms. The second-order valence-electron chi connectivity index (χ2n) is 6.04. The van der Waals surface area contributed by atoms with Crippen molar-refractivity contribution in [1.29, 1.82) is 0 Å². The molecule has 4 rings (SSSR count). The lowest BCUT2D eigenvalue weighted by Crippen LogP contribution is -1.99. The van der Waals surface area contributed by atoms with Crippen LogP contribution in [0.25, 0.3) is 33.2 Å². The number of furan rings is 2. The Morgan fingerprint density at radius 3 is 2.29 bits per heavy atom. The second-order valence-corrected chi connectivity index (χ2v) is 6.04. The fraction of sp³-hybridized carbons (Fsp3) is 0.222. The zero-order valence-corrected chi connectivity index (χ0v) is 13.8. The molecule has 1 aromatic carbocycles. The zero-order valence-electron chi connectivity index (χ0n) is 13.8. The third kappa shape index (κ3) is 1.89. The van der Waals surface area contributed by atoms with Gasteiger partial charge in [-0.1, -0.05) is 0 Å². The minimum Gasteiger partial charge on any atom is -0.476 e. The average molecular weight is 324 g/mol. The predicted molar refractivity (Wildman–Crippen MR) is 89.4 cm³/mol. The Hall–Kier alpha value is -3.02. The van der Waals surface area contributed by atoms with Gasteiger partial charge in [-0.25, -0.2) is 4.79 Å². The van der Waals surface area contributed by atoms with Gasteiger partial charge < -0.3 is 13.9 Å². The number of hydrogen-bond donors (Lipinski definition) is 1. The van der Waals surface area contributed by atoms with Crippen molar-refractivity contribution in [2.24, 2.45) is 7.05 Å². The zero-order chi connectivity index (χ0) is 17.2. The van der Waals surface area contributed by atoms with E-state index in [4.69, 9.17) is 8.83 Å². The maximum absolute atomic E-state index is 11.3. The monoisotopic (exact) mass is 324 g/mol. The Morgan fingerprint density at radius 2 is 1.67 bits per heavy atom. The molecule has 3 heterocycles. The number of carbonyl (C=O) groups is 1. The minimum atomic E-state index is -1.06. The maximum atomic E-state index is 11.3. The number of carboxylic acids is 1. The molecule has 0 saturated heterocycles. The minimum absolute atomic E-state index is 0.00197. The average Bonchev–Trinajstić information content (AvgIpc) is 3.17. The van der Waals surface area contributed by atoms with Crippen LogP contribution in [0.2, 0.25) is 0 Å². The van der Waals surface area contributed by atoms with Gasteiger partial charge in [0.2, 0.25) is 0 Å². The van der Waals surface area contributed by atoms with Gasteiger partial charge in [-0.15, -0.1) is 0 Å². The summed E-state index contributed by atoms with van der Waals surface area (Å²) < 4.78 is 13.4. The third-order valence-corrected chi connectivity index (χ3v) is 4.31. The van der Waals surface area contributed by atoms with Gasteiger partial charge >= 0.3 is 5.97 Å². The van der Waals surface area contributed by atoms with E-state index in [0.29, 0.717) is 5.69 Å². The molecular weight excluding hydrogens is 308 g/mol. The highest BCUT2D eigenvalue weighted by Crippen LogP contribution is 2.41. The summed E-state index contributed by atoms with van der Waals surface area (Å²) in [5.41, 5.74) is 4.00. The summed E-state index contributed by atoms with van der Waals surface area (Å²) in [7, 11) is 1.72. The van der Waals surface area contributed by atoms with Crippen LogP contribution >= 0.6 is 0 Å². The number of aromatic carboxylic acids is 1. The molecule has 6 heteroatoms. The number of benzene rings is 1. The van der Waals surface area contributed by atoms with Crippen LogP contribution in [-0.4, -0.2) is 20.9 Å². The highest BCUT2D eigenvalue weighted by molar-refractivity contribution is 6.11. The van der Waals surface area contributed by atoms with Crippen LogP contribution in [0.15, 0.2) is 27.0 Å². The second kappa shape index (κ2) is 4.74. The van der Waals surface area contributed by atoms with Crippen molar-refractivity contribution in [2.45, 2.75) is 20.8 Å². The molecule has 24 heavy (non-hydrogen) atoms. The normalized spacial score (nSPS) is 11.7. The van der Waals surface area contributed by atoms with E-state index in [1.807, 2.05) is 32.9 Å². The van der Waals surface area contributed by atoms with E-state index in [2.05, 4.69) is 5.10 Å². The lowest BCUT2D eigenvalue weighted by molar-refractivity contribution is 0.0689. The van der Waals surface area contributed by atoms with Crippen LogP contribution in [0.5, 0.6) is 0 Å². The standard InChI is InChI=1S/C18H16N2O4/c1-8-5-11-10(3)16-12(6-9(2)23-16)15(17(11)24-8)14-7-13(18(21)22)19-20(14)4/h5-7H,1-4H3,(H,21,22). The maximum Gasteiger partial charge on any atom is 0.356 e. The van der Waals surface area contributed by atoms with E-state index in [1.54, 1.807) is 17.8 Å². The van der Waals surface area contributed by atoms with Gasteiger partial charge in [0.05, 0.1) is 11.3 Å². The number of aryl methyl sites for hydroxylation is 4. The first-order chi connectivity index (χ1) is 11.4. The van der Waals surface area contributed by atoms with Gasteiger partial charge in [0.15, 0.2) is 5.69 Å². The Bertz CT molecular complexity index is 1070. The number of fused-ring (bicyclic) bond motifs is 2. The Kier molecular flexibility index (Phi) is 2.87. The molecule has 0 aliphatic heterocycles. The largest absolute Gasteiger partial charge is 0.476 e. The summed E-state index contributed by atoms with van der Waals surface area (Å²) in [4.78, 5) is 11.3. The molecule has 3 aromatic heterocycles. The molecule has 122 valence electrons. The molecule has 0 unspecified atom stereocenters. The Labute approximate surface area is 137 Å². The Balaban J connectivity index is 2.20. The van der Waals surface area contributed by atoms with Crippen molar-refractivity contribution in [3.63, 3.8) is 0 Å². The van der Waals surface area contributed by atoms with E-state index in [1.165, 1.54) is 0 Å². The molecule has 4 aromatic rings. The van der Waals surface area contributed by atoms with Gasteiger partial charge in [-0.2, -0.15) is 5.10 Å². The molecule has 0 saturated carbocycles. The fourth-order valence-electron chi connectivity index (χ4n) is 3.26. The van der Waals surface area contributed by atoms with Gasteiger partial charge in [0.1, 0.15) is 22.7 Å². The molecule has 6 nitrogen and oxygen atoms in total. The first-order valence-electron chi connectivity index (χ1n) is 7.57. The molecule has 0 spiro atoms. The van der Waals surface area contributed by atoms with Gasteiger partial charge in [-0.05, 0) is 39.0 Å². The lowest BCUT2D eigenvalue weighted by Gasteiger charge is -2.07. The molecule has 0 aliphatic rings. The lowest BCUT2D eigenvalue weighted by atomic mass is 9.99. The van der Waals surface area contributed by atoms with E-state index in [-0.39, 0.29) is 5.69 Å². The van der Waals surface area contributed by atoms with E-state index >= 15 is 0 Å². The molecular formula is C18H16N2O4. The summed E-state index contributed by atoms with van der Waals surface area (Å²) >= 11 is 0. The van der Waals surface area contributed by atoms with Crippen LogP contribution in [0, 0.1) is 20.8 Å². The van der Waals surface area contributed by atoms with Crippen LogP contribution in [0.1, 0.15) is 27.6 Å². The predicted octanol–water partition coefficient (Wildman–Crippen LogP) is 4.20. The molecule has 1 N–H and O–H groups in total. The number of rotatable bonds is 2. The van der Waals surface area contributed by atoms with Crippen molar-refractivity contribution in [1.82, 2.24) is 9.78 Å². The van der Waals surface area contributed by atoms with Crippen molar-refractivity contribution >= 4 is 27.9 Å². The summed E-state index contributed by atoms with van der Waals surface area (Å²) in [6, 6.07) is 5.48. The van der Waals surface area contributed by atoms with Gasteiger partial charge in [-0.3, -0.25) is 4.68 Å². The Morgan fingerprint density at radius 1 is 1.04 bits per heavy atom. The van der Waals surface area contributed by atoms with E-state index in [9.17, 15) is 9.90 Å². The fourth-order valence-corrected chi connectivity index (χ4v) is 3.26. The highest BCUT2D eigenvalue weighted by Gasteiger charge is 2.23. The summed E-state index contributed by atoms with van der Waals surface area (Å²) in [5, 5.41) is 15.2. The van der Waals surface area contributed by atoms with Crippen molar-refractivity contribution in [3.8, 4) is 11.3 Å². The highest BCUT2D eigenvalue weighted by atomic mass is 16.4. The van der Waals surface area contributed by atoms with E-state index in [0.717, 1.165) is 44.6 Å².